The molecule has 26 heavy (non-hydrogen) atoms. The van der Waals surface area contributed by atoms with Gasteiger partial charge in [-0.3, -0.25) is 0 Å². The Bertz CT molecular complexity index is 788. The number of benzene rings is 2. The molecule has 0 saturated carbocycles. The molecule has 2 aliphatic rings. The van der Waals surface area contributed by atoms with Crippen LogP contribution in [0.15, 0.2) is 72.4 Å². The Morgan fingerprint density at radius 3 is 2.42 bits per heavy atom. The van der Waals surface area contributed by atoms with Gasteiger partial charge in [0.15, 0.2) is 0 Å². The van der Waals surface area contributed by atoms with Crippen LogP contribution in [0.5, 0.6) is 0 Å². The lowest BCUT2D eigenvalue weighted by molar-refractivity contribution is 0.104. The van der Waals surface area contributed by atoms with Gasteiger partial charge in [0.2, 0.25) is 0 Å². The predicted molar refractivity (Wildman–Crippen MR) is 106 cm³/mol. The lowest BCUT2D eigenvalue weighted by Crippen LogP contribution is -2.48. The van der Waals surface area contributed by atoms with E-state index in [4.69, 9.17) is 0 Å². The molecule has 2 heterocycles. The Morgan fingerprint density at radius 2 is 1.69 bits per heavy atom. The van der Waals surface area contributed by atoms with Gasteiger partial charge in [-0.2, -0.15) is 5.26 Å². The van der Waals surface area contributed by atoms with E-state index in [1.807, 2.05) is 0 Å². The van der Waals surface area contributed by atoms with Crippen molar-refractivity contribution in [2.24, 2.45) is 0 Å². The van der Waals surface area contributed by atoms with Crippen LogP contribution in [0.3, 0.4) is 0 Å². The van der Waals surface area contributed by atoms with Gasteiger partial charge < -0.3 is 4.90 Å². The number of aryl methyl sites for hydroxylation is 1. The Balaban J connectivity index is 1.54. The molecule has 0 aromatic heterocycles. The van der Waals surface area contributed by atoms with Crippen molar-refractivity contribution in [2.45, 2.75) is 56.5 Å². The molecular weight excluding hydrogens is 316 g/mol. The summed E-state index contributed by atoms with van der Waals surface area (Å²) in [6, 6.07) is 24.9. The zero-order chi connectivity index (χ0) is 17.8. The van der Waals surface area contributed by atoms with Crippen molar-refractivity contribution in [1.82, 2.24) is 4.90 Å². The van der Waals surface area contributed by atoms with Crippen molar-refractivity contribution in [1.29, 1.82) is 5.26 Å². The second-order valence-corrected chi connectivity index (χ2v) is 7.59. The summed E-state index contributed by atoms with van der Waals surface area (Å²) in [5.41, 5.74) is 3.63. The third-order valence-corrected chi connectivity index (χ3v) is 5.98. The van der Waals surface area contributed by atoms with Crippen molar-refractivity contribution in [3.8, 4) is 6.07 Å². The standard InChI is InChI=1S/C24H26N2/c25-18-24-17-21(20-10-5-2-6-11-20)16-23-13-7-12-22(26(23)24)15-14-19-8-3-1-4-9-19/h1-6,8-11,17,21-23H,7,12-16H2/t21-,22+,23-/m1/s1. The molecule has 1 fully saturated rings. The third kappa shape index (κ3) is 3.53. The highest BCUT2D eigenvalue weighted by Gasteiger charge is 2.36. The summed E-state index contributed by atoms with van der Waals surface area (Å²) in [6.07, 6.45) is 9.28. The summed E-state index contributed by atoms with van der Waals surface area (Å²) in [5, 5.41) is 9.84. The van der Waals surface area contributed by atoms with Gasteiger partial charge in [-0.15, -0.1) is 0 Å². The Hall–Kier alpha value is -2.53. The second-order valence-electron chi connectivity index (χ2n) is 7.59. The Kier molecular flexibility index (Phi) is 5.07. The van der Waals surface area contributed by atoms with Crippen molar-refractivity contribution < 1.29 is 0 Å². The van der Waals surface area contributed by atoms with E-state index < -0.39 is 0 Å². The lowest BCUT2D eigenvalue weighted by Gasteiger charge is -2.47. The molecule has 0 unspecified atom stereocenters. The molecule has 132 valence electrons. The average molecular weight is 342 g/mol. The van der Waals surface area contributed by atoms with Gasteiger partial charge in [0.05, 0.1) is 0 Å². The van der Waals surface area contributed by atoms with Crippen LogP contribution in [-0.2, 0) is 6.42 Å². The Morgan fingerprint density at radius 1 is 0.962 bits per heavy atom. The predicted octanol–water partition coefficient (Wildman–Crippen LogP) is 5.44. The number of nitriles is 1. The smallest absolute Gasteiger partial charge is 0.117 e. The monoisotopic (exact) mass is 342 g/mol. The van der Waals surface area contributed by atoms with E-state index in [-0.39, 0.29) is 0 Å². The average Bonchev–Trinajstić information content (AvgIpc) is 2.72. The summed E-state index contributed by atoms with van der Waals surface area (Å²) in [7, 11) is 0. The maximum Gasteiger partial charge on any atom is 0.117 e. The quantitative estimate of drug-likeness (QED) is 0.740. The van der Waals surface area contributed by atoms with Gasteiger partial charge >= 0.3 is 0 Å². The first-order valence-electron chi connectivity index (χ1n) is 9.84. The van der Waals surface area contributed by atoms with Gasteiger partial charge in [0, 0.05) is 18.0 Å². The highest BCUT2D eigenvalue weighted by atomic mass is 15.2. The topological polar surface area (TPSA) is 27.0 Å². The van der Waals surface area contributed by atoms with Crippen molar-refractivity contribution in [3.63, 3.8) is 0 Å². The largest absolute Gasteiger partial charge is 0.357 e. The minimum absolute atomic E-state index is 0.375. The lowest BCUT2D eigenvalue weighted by atomic mass is 9.80. The highest BCUT2D eigenvalue weighted by Crippen LogP contribution is 2.40. The number of piperidine rings is 1. The molecule has 0 spiro atoms. The van der Waals surface area contributed by atoms with E-state index in [1.165, 1.54) is 30.4 Å². The SMILES string of the molecule is N#CC1=C[C@H](c2ccccc2)C[C@H]2CCC[C@@H](CCc3ccccc3)N12. The molecule has 0 radical (unpaired) electrons. The molecule has 2 aromatic carbocycles. The van der Waals surface area contributed by atoms with Crippen LogP contribution in [0.4, 0.5) is 0 Å². The first kappa shape index (κ1) is 16.9. The zero-order valence-electron chi connectivity index (χ0n) is 15.2. The number of hydrogen-bond donors (Lipinski definition) is 0. The van der Waals surface area contributed by atoms with Crippen molar-refractivity contribution in [3.05, 3.63) is 83.6 Å². The molecule has 2 aromatic rings. The van der Waals surface area contributed by atoms with Crippen molar-refractivity contribution in [2.75, 3.05) is 0 Å². The summed E-state index contributed by atoms with van der Waals surface area (Å²) in [4.78, 5) is 2.46. The van der Waals surface area contributed by atoms with Crippen LogP contribution in [0, 0.1) is 11.3 Å². The number of fused-ring (bicyclic) bond motifs is 1. The first-order valence-corrected chi connectivity index (χ1v) is 9.84. The molecule has 4 rings (SSSR count). The third-order valence-electron chi connectivity index (χ3n) is 5.98. The van der Waals surface area contributed by atoms with Crippen LogP contribution in [0.2, 0.25) is 0 Å². The van der Waals surface area contributed by atoms with Crippen LogP contribution in [-0.4, -0.2) is 17.0 Å². The normalized spacial score (nSPS) is 25.1. The fourth-order valence-corrected chi connectivity index (χ4v) is 4.72. The molecule has 2 nitrogen and oxygen atoms in total. The van der Waals surface area contributed by atoms with E-state index in [0.29, 0.717) is 18.0 Å². The number of nitrogens with zero attached hydrogens (tertiary/aromatic N) is 2. The van der Waals surface area contributed by atoms with Crippen LogP contribution in [0.1, 0.15) is 49.1 Å². The van der Waals surface area contributed by atoms with Gasteiger partial charge in [-0.25, -0.2) is 0 Å². The number of rotatable bonds is 4. The summed E-state index contributed by atoms with van der Waals surface area (Å²) < 4.78 is 0. The molecule has 3 atom stereocenters. The fourth-order valence-electron chi connectivity index (χ4n) is 4.72. The molecule has 1 saturated heterocycles. The van der Waals surface area contributed by atoms with Gasteiger partial charge in [0.1, 0.15) is 11.8 Å². The summed E-state index contributed by atoms with van der Waals surface area (Å²) in [5.74, 6) is 0.375. The zero-order valence-corrected chi connectivity index (χ0v) is 15.2. The van der Waals surface area contributed by atoms with E-state index in [1.54, 1.807) is 0 Å². The maximum absolute atomic E-state index is 9.84. The first-order chi connectivity index (χ1) is 12.8. The molecule has 0 aliphatic carbocycles. The van der Waals surface area contributed by atoms with E-state index in [9.17, 15) is 5.26 Å². The maximum atomic E-state index is 9.84. The molecular formula is C24H26N2. The fraction of sp³-hybridized carbons (Fsp3) is 0.375. The van der Waals surface area contributed by atoms with Crippen LogP contribution in [0.25, 0.3) is 0 Å². The van der Waals surface area contributed by atoms with Crippen molar-refractivity contribution >= 4 is 0 Å². The number of allylic oxidation sites excluding steroid dienone is 2. The highest BCUT2D eigenvalue weighted by molar-refractivity contribution is 5.34. The molecule has 0 bridgehead atoms. The summed E-state index contributed by atoms with van der Waals surface area (Å²) in [6.45, 7) is 0. The molecule has 2 heteroatoms. The summed E-state index contributed by atoms with van der Waals surface area (Å²) >= 11 is 0. The van der Waals surface area contributed by atoms with Gasteiger partial charge in [-0.05, 0) is 55.7 Å². The second kappa shape index (κ2) is 7.79. The van der Waals surface area contributed by atoms with Crippen LogP contribution >= 0.6 is 0 Å². The van der Waals surface area contributed by atoms with E-state index >= 15 is 0 Å². The molecule has 0 amide bonds. The van der Waals surface area contributed by atoms with Crippen LogP contribution < -0.4 is 0 Å². The number of hydrogen-bond acceptors (Lipinski definition) is 2. The minimum Gasteiger partial charge on any atom is -0.357 e. The minimum atomic E-state index is 0.375. The molecule has 0 N–H and O–H groups in total. The molecule has 2 aliphatic heterocycles. The van der Waals surface area contributed by atoms with Gasteiger partial charge in [0.25, 0.3) is 0 Å². The van der Waals surface area contributed by atoms with Gasteiger partial charge in [-0.1, -0.05) is 60.7 Å². The van der Waals surface area contributed by atoms with E-state index in [0.717, 1.165) is 25.0 Å². The Labute approximate surface area is 156 Å². The van der Waals surface area contributed by atoms with E-state index in [2.05, 4.69) is 77.7 Å².